The van der Waals surface area contributed by atoms with Crippen LogP contribution in [0.2, 0.25) is 0 Å². The molecule has 1 unspecified atom stereocenters. The van der Waals surface area contributed by atoms with Crippen LogP contribution in [0.5, 0.6) is 0 Å². The topological polar surface area (TPSA) is 90.3 Å². The molecule has 1 N–H and O–H groups in total. The second-order valence-corrected chi connectivity index (χ2v) is 8.93. The molecule has 3 rings (SSSR count). The Bertz CT molecular complexity index is 1130. The van der Waals surface area contributed by atoms with Gasteiger partial charge in [-0.25, -0.2) is 4.98 Å². The third kappa shape index (κ3) is 5.58. The lowest BCUT2D eigenvalue weighted by Crippen LogP contribution is -2.32. The zero-order valence-electron chi connectivity index (χ0n) is 18.2. The molecule has 31 heavy (non-hydrogen) atoms. The highest BCUT2D eigenvalue weighted by molar-refractivity contribution is 7.18. The summed E-state index contributed by atoms with van der Waals surface area (Å²) < 4.78 is 6.70. The summed E-state index contributed by atoms with van der Waals surface area (Å²) >= 11 is 1.49. The number of rotatable bonds is 8. The largest absolute Gasteiger partial charge is 0.463 e. The van der Waals surface area contributed by atoms with E-state index in [1.807, 2.05) is 44.2 Å². The molecule has 0 saturated heterocycles. The minimum atomic E-state index is -0.501. The van der Waals surface area contributed by atoms with Gasteiger partial charge in [0.2, 0.25) is 5.91 Å². The van der Waals surface area contributed by atoms with Crippen LogP contribution in [0.25, 0.3) is 10.2 Å². The minimum absolute atomic E-state index is 0.0365. The lowest BCUT2D eigenvalue weighted by molar-refractivity contribution is -0.148. The quantitative estimate of drug-likeness (QED) is 0.539. The molecule has 0 saturated carbocycles. The van der Waals surface area contributed by atoms with Gasteiger partial charge in [-0.1, -0.05) is 30.3 Å². The van der Waals surface area contributed by atoms with E-state index in [1.165, 1.54) is 22.2 Å². The van der Waals surface area contributed by atoms with E-state index in [-0.39, 0.29) is 42.9 Å². The van der Waals surface area contributed by atoms with Gasteiger partial charge in [0, 0.05) is 17.8 Å². The monoisotopic (exact) mass is 441 g/mol. The highest BCUT2D eigenvalue weighted by atomic mass is 32.1. The van der Waals surface area contributed by atoms with Gasteiger partial charge in [0.25, 0.3) is 5.56 Å². The van der Waals surface area contributed by atoms with E-state index in [1.54, 1.807) is 13.8 Å². The number of carbonyl (C=O) groups is 2. The van der Waals surface area contributed by atoms with Crippen molar-refractivity contribution in [1.82, 2.24) is 14.9 Å². The second-order valence-electron chi connectivity index (χ2n) is 7.73. The molecule has 1 atom stereocenters. The Morgan fingerprint density at radius 1 is 1.19 bits per heavy atom. The van der Waals surface area contributed by atoms with Crippen LogP contribution in [0.4, 0.5) is 0 Å². The number of carbonyl (C=O) groups excluding carboxylic acids is 2. The number of amides is 1. The number of esters is 1. The fourth-order valence-corrected chi connectivity index (χ4v) is 4.32. The average molecular weight is 442 g/mol. The Balaban J connectivity index is 1.70. The fourth-order valence-electron chi connectivity index (χ4n) is 3.33. The lowest BCUT2D eigenvalue weighted by Gasteiger charge is -2.19. The zero-order valence-corrected chi connectivity index (χ0v) is 19.0. The molecular formula is C23H27N3O4S. The molecule has 0 aliphatic carbocycles. The van der Waals surface area contributed by atoms with Gasteiger partial charge in [0.05, 0.1) is 30.3 Å². The number of nitrogens with one attached hydrogen (secondary N) is 1. The summed E-state index contributed by atoms with van der Waals surface area (Å²) in [6, 6.07) is 8.80. The lowest BCUT2D eigenvalue weighted by atomic mass is 10.0. The number of hydrogen-bond donors (Lipinski definition) is 1. The maximum Gasteiger partial charge on any atom is 0.308 e. The molecule has 0 bridgehead atoms. The molecule has 0 spiro atoms. The van der Waals surface area contributed by atoms with Gasteiger partial charge >= 0.3 is 5.97 Å². The first-order valence-electron chi connectivity index (χ1n) is 10.2. The molecule has 7 nitrogen and oxygen atoms in total. The van der Waals surface area contributed by atoms with Crippen molar-refractivity contribution in [2.24, 2.45) is 0 Å². The summed E-state index contributed by atoms with van der Waals surface area (Å²) in [4.78, 5) is 43.8. The number of aromatic nitrogens is 2. The van der Waals surface area contributed by atoms with E-state index in [4.69, 9.17) is 4.74 Å². The highest BCUT2D eigenvalue weighted by Gasteiger charge is 2.20. The second kappa shape index (κ2) is 9.87. The number of ether oxygens (including phenoxy) is 1. The van der Waals surface area contributed by atoms with Crippen LogP contribution in [-0.4, -0.2) is 27.5 Å². The summed E-state index contributed by atoms with van der Waals surface area (Å²) in [7, 11) is 0. The van der Waals surface area contributed by atoms with Crippen molar-refractivity contribution in [3.63, 3.8) is 0 Å². The zero-order chi connectivity index (χ0) is 22.5. The first-order chi connectivity index (χ1) is 14.8. The number of aryl methyl sites for hydroxylation is 3. The molecule has 3 aromatic rings. The molecule has 1 amide bonds. The van der Waals surface area contributed by atoms with Gasteiger partial charge < -0.3 is 10.1 Å². The molecule has 0 fully saturated rings. The van der Waals surface area contributed by atoms with Crippen LogP contribution < -0.4 is 10.9 Å². The number of hydrogen-bond acceptors (Lipinski definition) is 6. The van der Waals surface area contributed by atoms with Gasteiger partial charge in [-0.05, 0) is 38.8 Å². The van der Waals surface area contributed by atoms with Gasteiger partial charge in [-0.2, -0.15) is 0 Å². The Hall–Kier alpha value is -3.00. The van der Waals surface area contributed by atoms with Crippen molar-refractivity contribution < 1.29 is 14.3 Å². The predicted octanol–water partition coefficient (Wildman–Crippen LogP) is 3.66. The summed E-state index contributed by atoms with van der Waals surface area (Å²) in [6.45, 7) is 7.66. The van der Waals surface area contributed by atoms with Crippen molar-refractivity contribution in [1.29, 1.82) is 0 Å². The van der Waals surface area contributed by atoms with Gasteiger partial charge in [0.1, 0.15) is 4.83 Å². The van der Waals surface area contributed by atoms with Crippen molar-refractivity contribution in [3.8, 4) is 0 Å². The molecule has 1 aromatic carbocycles. The molecular weight excluding hydrogens is 414 g/mol. The Labute approximate surface area is 185 Å². The van der Waals surface area contributed by atoms with Crippen LogP contribution in [-0.2, 0) is 20.9 Å². The number of nitrogens with zero attached hydrogens (tertiary/aromatic N) is 2. The van der Waals surface area contributed by atoms with E-state index in [2.05, 4.69) is 10.3 Å². The third-order valence-electron chi connectivity index (χ3n) is 5.01. The summed E-state index contributed by atoms with van der Waals surface area (Å²) in [5.74, 6) is -0.630. The van der Waals surface area contributed by atoms with Gasteiger partial charge in [0.15, 0.2) is 0 Å². The van der Waals surface area contributed by atoms with E-state index in [0.717, 1.165) is 16.0 Å². The minimum Gasteiger partial charge on any atom is -0.463 e. The van der Waals surface area contributed by atoms with E-state index >= 15 is 0 Å². The molecule has 0 radical (unpaired) electrons. The highest BCUT2D eigenvalue weighted by Crippen LogP contribution is 2.25. The van der Waals surface area contributed by atoms with Crippen molar-refractivity contribution in [3.05, 3.63) is 63.0 Å². The summed E-state index contributed by atoms with van der Waals surface area (Å²) in [5.41, 5.74) is 1.62. The van der Waals surface area contributed by atoms with Crippen LogP contribution in [0.1, 0.15) is 48.7 Å². The SMILES string of the molecule is Cc1sc2ncn(CCC(=O)NC(CC(=O)OC(C)C)c3ccccc3)c(=O)c2c1C. The maximum atomic E-state index is 12.8. The molecule has 0 aliphatic rings. The molecule has 164 valence electrons. The Morgan fingerprint density at radius 3 is 2.58 bits per heavy atom. The third-order valence-corrected chi connectivity index (χ3v) is 6.13. The van der Waals surface area contributed by atoms with Crippen molar-refractivity contribution in [2.75, 3.05) is 0 Å². The van der Waals surface area contributed by atoms with Gasteiger partial charge in [-0.3, -0.25) is 19.0 Å². The van der Waals surface area contributed by atoms with Crippen LogP contribution in [0, 0.1) is 13.8 Å². The Morgan fingerprint density at radius 2 is 1.90 bits per heavy atom. The van der Waals surface area contributed by atoms with Crippen LogP contribution in [0.15, 0.2) is 41.5 Å². The Kier molecular flexibility index (Phi) is 7.22. The number of fused-ring (bicyclic) bond motifs is 1. The van der Waals surface area contributed by atoms with Crippen LogP contribution in [0.3, 0.4) is 0 Å². The van der Waals surface area contributed by atoms with Crippen LogP contribution >= 0.6 is 11.3 Å². The van der Waals surface area contributed by atoms with E-state index < -0.39 is 6.04 Å². The molecule has 2 heterocycles. The first kappa shape index (κ1) is 22.7. The van der Waals surface area contributed by atoms with Gasteiger partial charge in [-0.15, -0.1) is 11.3 Å². The molecule has 2 aromatic heterocycles. The fraction of sp³-hybridized carbons (Fsp3) is 0.391. The molecule has 0 aliphatic heterocycles. The summed E-state index contributed by atoms with van der Waals surface area (Å²) in [5, 5.41) is 3.52. The number of thiophene rings is 1. The smallest absolute Gasteiger partial charge is 0.308 e. The predicted molar refractivity (Wildman–Crippen MR) is 121 cm³/mol. The first-order valence-corrected chi connectivity index (χ1v) is 11.1. The van der Waals surface area contributed by atoms with E-state index in [9.17, 15) is 14.4 Å². The average Bonchev–Trinajstić information content (AvgIpc) is 3.01. The summed E-state index contributed by atoms with van der Waals surface area (Å²) in [6.07, 6.45) is 1.40. The number of benzene rings is 1. The standard InChI is InChI=1S/C23H27N3O4S/c1-14(2)30-20(28)12-18(17-8-6-5-7-9-17)25-19(27)10-11-26-13-24-22-21(23(26)29)15(3)16(4)31-22/h5-9,13-14,18H,10-12H2,1-4H3,(H,25,27). The van der Waals surface area contributed by atoms with E-state index in [0.29, 0.717) is 10.2 Å². The maximum absolute atomic E-state index is 12.8. The van der Waals surface area contributed by atoms with Crippen molar-refractivity contribution >= 4 is 33.4 Å². The van der Waals surface area contributed by atoms with Crippen molar-refractivity contribution in [2.45, 2.75) is 59.2 Å². The molecule has 8 heteroatoms. The normalized spacial score (nSPS) is 12.2.